The van der Waals surface area contributed by atoms with Gasteiger partial charge in [-0.3, -0.25) is 9.97 Å². The van der Waals surface area contributed by atoms with Crippen LogP contribution in [0.2, 0.25) is 0 Å². The summed E-state index contributed by atoms with van der Waals surface area (Å²) < 4.78 is 23.0. The quantitative estimate of drug-likeness (QED) is 0.853. The van der Waals surface area contributed by atoms with Gasteiger partial charge >= 0.3 is 0 Å². The molecule has 6 heteroatoms. The van der Waals surface area contributed by atoms with Gasteiger partial charge in [-0.05, 0) is 31.7 Å². The second kappa shape index (κ2) is 6.43. The van der Waals surface area contributed by atoms with Gasteiger partial charge in [-0.1, -0.05) is 6.92 Å². The molecule has 106 valence electrons. The number of aromatic nitrogens is 2. The predicted octanol–water partition coefficient (Wildman–Crippen LogP) is 1.34. The molecule has 2 atom stereocenters. The number of hydrogen-bond acceptors (Lipinski definition) is 5. The summed E-state index contributed by atoms with van der Waals surface area (Å²) >= 11 is 0. The van der Waals surface area contributed by atoms with Gasteiger partial charge < -0.3 is 5.32 Å². The van der Waals surface area contributed by atoms with Gasteiger partial charge in [0.25, 0.3) is 0 Å². The largest absolute Gasteiger partial charge is 0.309 e. The van der Waals surface area contributed by atoms with Gasteiger partial charge in [-0.2, -0.15) is 0 Å². The number of sulfone groups is 1. The Labute approximate surface area is 114 Å². The second-order valence-electron chi connectivity index (χ2n) is 5.14. The Morgan fingerprint density at radius 2 is 2.32 bits per heavy atom. The van der Waals surface area contributed by atoms with Crippen LogP contribution in [0.25, 0.3) is 0 Å². The van der Waals surface area contributed by atoms with Crippen molar-refractivity contribution < 1.29 is 8.42 Å². The van der Waals surface area contributed by atoms with E-state index in [-0.39, 0.29) is 12.0 Å². The summed E-state index contributed by atoms with van der Waals surface area (Å²) in [6, 6.07) is 0.104. The van der Waals surface area contributed by atoms with Gasteiger partial charge in [0.05, 0.1) is 23.2 Å². The molecule has 0 aromatic carbocycles. The van der Waals surface area contributed by atoms with Crippen LogP contribution in [-0.4, -0.2) is 36.4 Å². The van der Waals surface area contributed by atoms with E-state index in [0.29, 0.717) is 11.5 Å². The van der Waals surface area contributed by atoms with Gasteiger partial charge in [0.15, 0.2) is 9.84 Å². The molecule has 5 nitrogen and oxygen atoms in total. The zero-order valence-electron chi connectivity index (χ0n) is 11.2. The Morgan fingerprint density at radius 3 is 2.89 bits per heavy atom. The van der Waals surface area contributed by atoms with Crippen LogP contribution in [0.5, 0.6) is 0 Å². The number of rotatable bonds is 6. The summed E-state index contributed by atoms with van der Waals surface area (Å²) in [4.78, 5) is 8.43. The van der Waals surface area contributed by atoms with Crippen molar-refractivity contribution in [3.63, 3.8) is 0 Å². The summed E-state index contributed by atoms with van der Waals surface area (Å²) in [5.41, 5.74) is 0.903. The Hall–Kier alpha value is -1.01. The molecule has 1 aliphatic rings. The minimum atomic E-state index is -2.81. The summed E-state index contributed by atoms with van der Waals surface area (Å²) in [6.45, 7) is 3.02. The third-order valence-electron chi connectivity index (χ3n) is 3.48. The zero-order valence-corrected chi connectivity index (χ0v) is 12.1. The Bertz CT molecular complexity index is 490. The molecule has 2 unspecified atom stereocenters. The molecule has 0 bridgehead atoms. The van der Waals surface area contributed by atoms with Crippen molar-refractivity contribution in [2.45, 2.75) is 32.2 Å². The Balaban J connectivity index is 2.02. The highest BCUT2D eigenvalue weighted by atomic mass is 32.2. The number of nitrogens with zero attached hydrogens (tertiary/aromatic N) is 2. The van der Waals surface area contributed by atoms with Crippen molar-refractivity contribution in [3.05, 3.63) is 24.3 Å². The smallest absolute Gasteiger partial charge is 0.150 e. The maximum atomic E-state index is 11.5. The first-order valence-electron chi connectivity index (χ1n) is 6.80. The molecule has 1 aliphatic heterocycles. The Morgan fingerprint density at radius 1 is 1.47 bits per heavy atom. The van der Waals surface area contributed by atoms with Gasteiger partial charge in [0, 0.05) is 18.6 Å². The van der Waals surface area contributed by atoms with Crippen LogP contribution >= 0.6 is 0 Å². The highest BCUT2D eigenvalue weighted by Gasteiger charge is 2.30. The SMILES string of the molecule is CCCNC(CC1CCS(=O)(=O)C1)c1cnccn1. The van der Waals surface area contributed by atoms with Crippen molar-refractivity contribution in [3.8, 4) is 0 Å². The second-order valence-corrected chi connectivity index (χ2v) is 7.37. The van der Waals surface area contributed by atoms with Crippen molar-refractivity contribution in [2.24, 2.45) is 5.92 Å². The standard InChI is InChI=1S/C13H21N3O2S/c1-2-4-15-12(13-9-14-5-6-16-13)8-11-3-7-19(17,18)10-11/h5-6,9,11-12,15H,2-4,7-8,10H2,1H3. The fourth-order valence-electron chi connectivity index (χ4n) is 2.51. The molecule has 0 aliphatic carbocycles. The maximum Gasteiger partial charge on any atom is 0.150 e. The number of hydrogen-bond donors (Lipinski definition) is 1. The molecule has 19 heavy (non-hydrogen) atoms. The van der Waals surface area contributed by atoms with Crippen molar-refractivity contribution in [2.75, 3.05) is 18.1 Å². The van der Waals surface area contributed by atoms with E-state index in [1.54, 1.807) is 18.6 Å². The van der Waals surface area contributed by atoms with Gasteiger partial charge in [0.1, 0.15) is 0 Å². The Kier molecular flexibility index (Phi) is 4.87. The topological polar surface area (TPSA) is 72.0 Å². The van der Waals surface area contributed by atoms with Crippen molar-refractivity contribution in [1.29, 1.82) is 0 Å². The lowest BCUT2D eigenvalue weighted by Crippen LogP contribution is -2.26. The van der Waals surface area contributed by atoms with E-state index in [1.165, 1.54) is 0 Å². The lowest BCUT2D eigenvalue weighted by atomic mass is 9.97. The van der Waals surface area contributed by atoms with E-state index >= 15 is 0 Å². The molecule has 0 amide bonds. The molecule has 1 N–H and O–H groups in total. The first-order valence-corrected chi connectivity index (χ1v) is 8.62. The summed E-state index contributed by atoms with van der Waals surface area (Å²) in [5, 5.41) is 3.44. The minimum Gasteiger partial charge on any atom is -0.309 e. The minimum absolute atomic E-state index is 0.104. The fraction of sp³-hybridized carbons (Fsp3) is 0.692. The molecule has 1 saturated heterocycles. The maximum absolute atomic E-state index is 11.5. The molecule has 2 rings (SSSR count). The lowest BCUT2D eigenvalue weighted by molar-refractivity contribution is 0.407. The predicted molar refractivity (Wildman–Crippen MR) is 74.4 cm³/mol. The highest BCUT2D eigenvalue weighted by Crippen LogP contribution is 2.28. The first kappa shape index (κ1) is 14.4. The van der Waals surface area contributed by atoms with Crippen LogP contribution in [0, 0.1) is 5.92 Å². The molecular formula is C13H21N3O2S. The van der Waals surface area contributed by atoms with Crippen LogP contribution in [0.15, 0.2) is 18.6 Å². The van der Waals surface area contributed by atoms with Crippen LogP contribution < -0.4 is 5.32 Å². The fourth-order valence-corrected chi connectivity index (χ4v) is 4.39. The van der Waals surface area contributed by atoms with Crippen LogP contribution in [-0.2, 0) is 9.84 Å². The third-order valence-corrected chi connectivity index (χ3v) is 5.31. The first-order chi connectivity index (χ1) is 9.11. The molecule has 0 spiro atoms. The van der Waals surface area contributed by atoms with Gasteiger partial charge in [-0.15, -0.1) is 0 Å². The summed E-state index contributed by atoms with van der Waals surface area (Å²) in [6.07, 6.45) is 7.73. The van der Waals surface area contributed by atoms with E-state index < -0.39 is 9.84 Å². The van der Waals surface area contributed by atoms with Gasteiger partial charge in [-0.25, -0.2) is 8.42 Å². The zero-order chi connectivity index (χ0) is 13.7. The highest BCUT2D eigenvalue weighted by molar-refractivity contribution is 7.91. The van der Waals surface area contributed by atoms with Crippen LogP contribution in [0.4, 0.5) is 0 Å². The van der Waals surface area contributed by atoms with Crippen LogP contribution in [0.1, 0.15) is 37.9 Å². The number of nitrogens with one attached hydrogen (secondary N) is 1. The molecule has 2 heterocycles. The van der Waals surface area contributed by atoms with E-state index in [1.807, 2.05) is 0 Å². The molecule has 0 saturated carbocycles. The van der Waals surface area contributed by atoms with Crippen molar-refractivity contribution in [1.82, 2.24) is 15.3 Å². The average Bonchev–Trinajstić information content (AvgIpc) is 2.75. The lowest BCUT2D eigenvalue weighted by Gasteiger charge is -2.20. The normalized spacial score (nSPS) is 23.3. The molecule has 1 aromatic rings. The third kappa shape index (κ3) is 4.24. The van der Waals surface area contributed by atoms with E-state index in [2.05, 4.69) is 22.2 Å². The van der Waals surface area contributed by atoms with Crippen molar-refractivity contribution >= 4 is 9.84 Å². The summed E-state index contributed by atoms with van der Waals surface area (Å²) in [5.74, 6) is 0.886. The summed E-state index contributed by atoms with van der Waals surface area (Å²) in [7, 11) is -2.81. The van der Waals surface area contributed by atoms with Crippen LogP contribution in [0.3, 0.4) is 0 Å². The van der Waals surface area contributed by atoms with E-state index in [0.717, 1.165) is 31.5 Å². The van der Waals surface area contributed by atoms with Gasteiger partial charge in [0.2, 0.25) is 0 Å². The average molecular weight is 283 g/mol. The molecule has 1 aromatic heterocycles. The van der Waals surface area contributed by atoms with E-state index in [4.69, 9.17) is 0 Å². The molecular weight excluding hydrogens is 262 g/mol. The molecule has 0 radical (unpaired) electrons. The monoisotopic (exact) mass is 283 g/mol. The molecule has 1 fully saturated rings. The van der Waals surface area contributed by atoms with E-state index in [9.17, 15) is 8.42 Å².